The normalized spacial score (nSPS) is 20.9. The fraction of sp³-hybridized carbons (Fsp3) is 0.484. The number of benzene rings is 2. The van der Waals surface area contributed by atoms with Gasteiger partial charge in [0.25, 0.3) is 0 Å². The van der Waals surface area contributed by atoms with Crippen molar-refractivity contribution in [3.8, 4) is 11.5 Å². The van der Waals surface area contributed by atoms with Gasteiger partial charge in [-0.1, -0.05) is 30.1 Å². The molecule has 1 saturated heterocycles. The minimum atomic E-state index is -0.300. The molecule has 2 aliphatic rings. The van der Waals surface area contributed by atoms with E-state index in [0.29, 0.717) is 41.4 Å². The van der Waals surface area contributed by atoms with Crippen LogP contribution in [0.2, 0.25) is 0 Å². The molecule has 0 bridgehead atoms. The van der Waals surface area contributed by atoms with Gasteiger partial charge in [0.05, 0.1) is 19.9 Å². The highest BCUT2D eigenvalue weighted by Crippen LogP contribution is 2.35. The lowest BCUT2D eigenvalue weighted by Crippen LogP contribution is -2.42. The number of piperidine rings is 1. The van der Waals surface area contributed by atoms with Gasteiger partial charge in [-0.3, -0.25) is 4.79 Å². The molecular weight excluding hydrogens is 497 g/mol. The van der Waals surface area contributed by atoms with Crippen molar-refractivity contribution in [3.05, 3.63) is 59.5 Å². The number of fused-ring (bicyclic) bond motifs is 1. The van der Waals surface area contributed by atoms with Gasteiger partial charge in [0.2, 0.25) is 5.91 Å². The quantitative estimate of drug-likeness (QED) is 0.349. The lowest BCUT2D eigenvalue weighted by Gasteiger charge is -2.38. The molecule has 2 fully saturated rings. The largest absolute Gasteiger partial charge is 0.493 e. The van der Waals surface area contributed by atoms with Crippen molar-refractivity contribution in [1.29, 1.82) is 0 Å². The van der Waals surface area contributed by atoms with Crippen molar-refractivity contribution < 1.29 is 23.2 Å². The zero-order valence-electron chi connectivity index (χ0n) is 22.8. The molecule has 8 heteroatoms. The molecule has 39 heavy (non-hydrogen) atoms. The van der Waals surface area contributed by atoms with Crippen LogP contribution in [0.3, 0.4) is 0 Å². The number of carbonyl (C=O) groups excluding carboxylic acids is 1. The van der Waals surface area contributed by atoms with E-state index in [9.17, 15) is 9.18 Å². The second-order valence-corrected chi connectivity index (χ2v) is 10.7. The Labute approximate surface area is 229 Å². The lowest BCUT2D eigenvalue weighted by molar-refractivity contribution is -0.116. The Morgan fingerprint density at radius 1 is 1.10 bits per heavy atom. The Hall–Kier alpha value is -3.39. The molecule has 7 nitrogen and oxygen atoms in total. The predicted molar refractivity (Wildman–Crippen MR) is 149 cm³/mol. The lowest BCUT2D eigenvalue weighted by atomic mass is 9.78. The summed E-state index contributed by atoms with van der Waals surface area (Å²) in [5, 5.41) is 8.36. The molecule has 1 aliphatic heterocycles. The van der Waals surface area contributed by atoms with Crippen molar-refractivity contribution in [1.82, 2.24) is 15.4 Å². The highest BCUT2D eigenvalue weighted by atomic mass is 19.1. The van der Waals surface area contributed by atoms with E-state index >= 15 is 0 Å². The fourth-order valence-electron chi connectivity index (χ4n) is 6.24. The van der Waals surface area contributed by atoms with Gasteiger partial charge in [0, 0.05) is 42.1 Å². The summed E-state index contributed by atoms with van der Waals surface area (Å²) in [5.74, 6) is 2.26. The average Bonchev–Trinajstić information content (AvgIpc) is 3.38. The number of ether oxygens (including phenoxy) is 2. The number of rotatable bonds is 9. The number of halogens is 1. The summed E-state index contributed by atoms with van der Waals surface area (Å²) in [5.41, 5.74) is 2.29. The molecule has 2 heterocycles. The Morgan fingerprint density at radius 2 is 1.90 bits per heavy atom. The second-order valence-electron chi connectivity index (χ2n) is 10.7. The van der Waals surface area contributed by atoms with E-state index in [1.807, 2.05) is 18.2 Å². The number of nitrogens with zero attached hydrogens (tertiary/aromatic N) is 2. The van der Waals surface area contributed by atoms with E-state index in [1.165, 1.54) is 31.4 Å². The summed E-state index contributed by atoms with van der Waals surface area (Å²) in [4.78, 5) is 15.2. The van der Waals surface area contributed by atoms with E-state index in [0.717, 1.165) is 55.5 Å². The Kier molecular flexibility index (Phi) is 8.81. The maximum Gasteiger partial charge on any atom is 0.244 e. The SMILES string of the molecule is COc1cccc(C=CC(=O)NC[C@@H]2CCCC[C@H]2CN2CCC(c3noc4cc(F)ccc34)CC2)c1OC. The number of aromatic nitrogens is 1. The summed E-state index contributed by atoms with van der Waals surface area (Å²) in [6.45, 7) is 3.79. The summed E-state index contributed by atoms with van der Waals surface area (Å²) in [6.07, 6.45) is 10.2. The van der Waals surface area contributed by atoms with Crippen LogP contribution in [0.25, 0.3) is 17.0 Å². The van der Waals surface area contributed by atoms with Crippen LogP contribution >= 0.6 is 0 Å². The van der Waals surface area contributed by atoms with Crippen LogP contribution in [0, 0.1) is 17.7 Å². The molecule has 208 valence electrons. The number of methoxy groups -OCH3 is 2. The first-order chi connectivity index (χ1) is 19.1. The Balaban J connectivity index is 1.12. The molecule has 3 aromatic rings. The average molecular weight is 536 g/mol. The predicted octanol–water partition coefficient (Wildman–Crippen LogP) is 5.80. The molecule has 5 rings (SSSR count). The van der Waals surface area contributed by atoms with Crippen molar-refractivity contribution in [2.45, 2.75) is 44.4 Å². The van der Waals surface area contributed by atoms with Crippen molar-refractivity contribution in [2.75, 3.05) is 40.4 Å². The first-order valence-corrected chi connectivity index (χ1v) is 14.0. The van der Waals surface area contributed by atoms with E-state index < -0.39 is 0 Å². The molecule has 2 atom stereocenters. The van der Waals surface area contributed by atoms with Crippen LogP contribution < -0.4 is 14.8 Å². The van der Waals surface area contributed by atoms with Gasteiger partial charge in [-0.05, 0) is 74.9 Å². The minimum Gasteiger partial charge on any atom is -0.493 e. The molecule has 1 aliphatic carbocycles. The summed E-state index contributed by atoms with van der Waals surface area (Å²) in [7, 11) is 3.20. The third-order valence-corrected chi connectivity index (χ3v) is 8.38. The van der Waals surface area contributed by atoms with Gasteiger partial charge in [0.1, 0.15) is 5.82 Å². The minimum absolute atomic E-state index is 0.0928. The zero-order valence-corrected chi connectivity index (χ0v) is 22.8. The van der Waals surface area contributed by atoms with Gasteiger partial charge < -0.3 is 24.2 Å². The number of para-hydroxylation sites is 1. The zero-order chi connectivity index (χ0) is 27.2. The molecule has 0 radical (unpaired) electrons. The summed E-state index contributed by atoms with van der Waals surface area (Å²) < 4.78 is 29.7. The molecule has 1 amide bonds. The molecule has 1 N–H and O–H groups in total. The molecule has 1 saturated carbocycles. The molecular formula is C31H38FN3O4. The first kappa shape index (κ1) is 27.2. The maximum atomic E-state index is 13.5. The number of hydrogen-bond donors (Lipinski definition) is 1. The van der Waals surface area contributed by atoms with Crippen molar-refractivity contribution >= 4 is 23.0 Å². The van der Waals surface area contributed by atoms with E-state index in [1.54, 1.807) is 32.4 Å². The maximum absolute atomic E-state index is 13.5. The molecule has 0 unspecified atom stereocenters. The van der Waals surface area contributed by atoms with Crippen LogP contribution in [0.4, 0.5) is 4.39 Å². The van der Waals surface area contributed by atoms with E-state index in [4.69, 9.17) is 14.0 Å². The molecule has 0 spiro atoms. The van der Waals surface area contributed by atoms with Crippen LogP contribution in [-0.2, 0) is 4.79 Å². The van der Waals surface area contributed by atoms with Gasteiger partial charge >= 0.3 is 0 Å². The highest BCUT2D eigenvalue weighted by Gasteiger charge is 2.30. The third-order valence-electron chi connectivity index (χ3n) is 8.38. The van der Waals surface area contributed by atoms with Gasteiger partial charge in [0.15, 0.2) is 17.1 Å². The smallest absolute Gasteiger partial charge is 0.244 e. The van der Waals surface area contributed by atoms with Crippen molar-refractivity contribution in [2.24, 2.45) is 11.8 Å². The molecule has 1 aromatic heterocycles. The first-order valence-electron chi connectivity index (χ1n) is 14.0. The van der Waals surface area contributed by atoms with Crippen molar-refractivity contribution in [3.63, 3.8) is 0 Å². The van der Waals surface area contributed by atoms with Crippen LogP contribution in [-0.4, -0.2) is 56.4 Å². The fourth-order valence-corrected chi connectivity index (χ4v) is 6.24. The summed E-state index contributed by atoms with van der Waals surface area (Å²) in [6, 6.07) is 10.3. The number of likely N-dealkylation sites (tertiary alicyclic amines) is 1. The van der Waals surface area contributed by atoms with Crippen LogP contribution in [0.5, 0.6) is 11.5 Å². The van der Waals surface area contributed by atoms with E-state index in [-0.39, 0.29) is 11.7 Å². The third kappa shape index (κ3) is 6.44. The van der Waals surface area contributed by atoms with Crippen LogP contribution in [0.15, 0.2) is 47.0 Å². The van der Waals surface area contributed by atoms with Crippen LogP contribution in [0.1, 0.15) is 55.7 Å². The van der Waals surface area contributed by atoms with Gasteiger partial charge in [-0.2, -0.15) is 0 Å². The molecule has 2 aromatic carbocycles. The Morgan fingerprint density at radius 3 is 2.67 bits per heavy atom. The number of nitrogens with one attached hydrogen (secondary N) is 1. The topological polar surface area (TPSA) is 76.8 Å². The number of amides is 1. The standard InChI is InChI=1S/C31H38FN3O4/c1-37-27-9-5-8-22(31(27)38-2)10-13-29(36)33-19-23-6-3-4-7-24(23)20-35-16-14-21(15-17-35)30-26-12-11-25(32)18-28(26)39-34-30/h5,8-13,18,21,23-24H,3-4,6-7,14-17,19-20H2,1-2H3,(H,33,36)/t23-,24-/m0/s1. The monoisotopic (exact) mass is 535 g/mol. The van der Waals surface area contributed by atoms with Gasteiger partial charge in [-0.15, -0.1) is 0 Å². The number of carbonyl (C=O) groups is 1. The Bertz CT molecular complexity index is 1300. The number of hydrogen-bond acceptors (Lipinski definition) is 6. The highest BCUT2D eigenvalue weighted by molar-refractivity contribution is 5.92. The van der Waals surface area contributed by atoms with Gasteiger partial charge in [-0.25, -0.2) is 4.39 Å². The summed E-state index contributed by atoms with van der Waals surface area (Å²) >= 11 is 0. The van der Waals surface area contributed by atoms with E-state index in [2.05, 4.69) is 15.4 Å². The second kappa shape index (κ2) is 12.6.